The van der Waals surface area contributed by atoms with E-state index in [9.17, 15) is 22.0 Å². The van der Waals surface area contributed by atoms with Gasteiger partial charge in [-0.2, -0.15) is 26.9 Å². The van der Waals surface area contributed by atoms with Crippen LogP contribution >= 0.6 is 11.6 Å². The lowest BCUT2D eigenvalue weighted by Crippen LogP contribution is -2.41. The minimum absolute atomic E-state index is 0.0906. The highest BCUT2D eigenvalue weighted by Crippen LogP contribution is 2.35. The molecule has 18 heavy (non-hydrogen) atoms. The van der Waals surface area contributed by atoms with Crippen molar-refractivity contribution >= 4 is 11.6 Å². The largest absolute Gasteiger partial charge is 0.471 e. The number of halogens is 6. The highest BCUT2D eigenvalue weighted by molar-refractivity contribution is 6.29. The van der Waals surface area contributed by atoms with E-state index in [1.54, 1.807) is 6.92 Å². The normalized spacial score (nSPS) is 12.6. The molecule has 1 aromatic rings. The Bertz CT molecular complexity index is 424. The van der Waals surface area contributed by atoms with Gasteiger partial charge in [0.05, 0.1) is 0 Å². The van der Waals surface area contributed by atoms with Crippen LogP contribution in [-0.4, -0.2) is 28.7 Å². The van der Waals surface area contributed by atoms with E-state index in [1.807, 2.05) is 0 Å². The first-order valence-electron chi connectivity index (χ1n) is 4.76. The summed E-state index contributed by atoms with van der Waals surface area (Å²) in [5.74, 6) is -5.18. The van der Waals surface area contributed by atoms with Gasteiger partial charge in [-0.05, 0) is 0 Å². The summed E-state index contributed by atoms with van der Waals surface area (Å²) in [6.07, 6.45) is -5.33. The zero-order chi connectivity index (χ0) is 14.0. The third kappa shape index (κ3) is 3.66. The van der Waals surface area contributed by atoms with E-state index in [1.165, 1.54) is 0 Å². The number of ether oxygens (including phenoxy) is 1. The van der Waals surface area contributed by atoms with E-state index >= 15 is 0 Å². The van der Waals surface area contributed by atoms with Crippen molar-refractivity contribution in [2.75, 3.05) is 6.61 Å². The van der Waals surface area contributed by atoms with Crippen LogP contribution < -0.4 is 4.74 Å². The van der Waals surface area contributed by atoms with Gasteiger partial charge in [-0.3, -0.25) is 0 Å². The van der Waals surface area contributed by atoms with E-state index in [2.05, 4.69) is 14.7 Å². The molecule has 1 heterocycles. The first-order valence-corrected chi connectivity index (χ1v) is 5.14. The van der Waals surface area contributed by atoms with Crippen LogP contribution in [-0.2, 0) is 6.42 Å². The van der Waals surface area contributed by atoms with Crippen LogP contribution in [0.3, 0.4) is 0 Å². The van der Waals surface area contributed by atoms with Crippen molar-refractivity contribution in [2.24, 2.45) is 0 Å². The van der Waals surface area contributed by atoms with Gasteiger partial charge < -0.3 is 4.74 Å². The zero-order valence-electron chi connectivity index (χ0n) is 9.06. The predicted octanol–water partition coefficient (Wildman–Crippen LogP) is 3.27. The summed E-state index contributed by atoms with van der Waals surface area (Å²) >= 11 is 5.53. The van der Waals surface area contributed by atoms with E-state index in [-0.39, 0.29) is 11.0 Å². The highest BCUT2D eigenvalue weighted by Gasteiger charge is 2.58. The van der Waals surface area contributed by atoms with Crippen molar-refractivity contribution in [3.05, 3.63) is 17.0 Å². The Hall–Kier alpha value is -1.18. The number of rotatable bonds is 4. The Labute approximate surface area is 104 Å². The summed E-state index contributed by atoms with van der Waals surface area (Å²) in [6.45, 7) is -0.188. The molecule has 0 radical (unpaired) electrons. The maximum absolute atomic E-state index is 12.6. The molecular weight excluding hydrogens is 283 g/mol. The van der Waals surface area contributed by atoms with Gasteiger partial charge in [-0.25, -0.2) is 4.98 Å². The lowest BCUT2D eigenvalue weighted by atomic mass is 10.3. The third-order valence-corrected chi connectivity index (χ3v) is 2.04. The first kappa shape index (κ1) is 14.9. The molecule has 0 unspecified atom stereocenters. The summed E-state index contributed by atoms with van der Waals surface area (Å²) in [6, 6.07) is 0.965. The number of hydrogen-bond acceptors (Lipinski definition) is 3. The second-order valence-electron chi connectivity index (χ2n) is 3.29. The maximum Gasteiger partial charge on any atom is 0.456 e. The Kier molecular flexibility index (Phi) is 4.31. The fraction of sp³-hybridized carbons (Fsp3) is 0.556. The molecule has 0 aromatic carbocycles. The number of alkyl halides is 5. The monoisotopic (exact) mass is 290 g/mol. The smallest absolute Gasteiger partial charge is 0.456 e. The fourth-order valence-electron chi connectivity index (χ4n) is 0.920. The minimum Gasteiger partial charge on any atom is -0.471 e. The van der Waals surface area contributed by atoms with Crippen molar-refractivity contribution in [3.8, 4) is 5.88 Å². The molecule has 0 aliphatic heterocycles. The first-order chi connectivity index (χ1) is 8.15. The van der Waals surface area contributed by atoms with Crippen molar-refractivity contribution in [1.82, 2.24) is 9.97 Å². The lowest BCUT2D eigenvalue weighted by Gasteiger charge is -2.19. The summed E-state index contributed by atoms with van der Waals surface area (Å²) in [4.78, 5) is 7.33. The van der Waals surface area contributed by atoms with Crippen molar-refractivity contribution in [1.29, 1.82) is 0 Å². The fourth-order valence-corrected chi connectivity index (χ4v) is 1.11. The van der Waals surface area contributed by atoms with Gasteiger partial charge in [0.25, 0.3) is 0 Å². The molecule has 0 amide bonds. The highest BCUT2D eigenvalue weighted by atomic mass is 35.5. The molecule has 0 bridgehead atoms. The lowest BCUT2D eigenvalue weighted by molar-refractivity contribution is -0.290. The molecule has 0 atom stereocenters. The summed E-state index contributed by atoms with van der Waals surface area (Å²) in [7, 11) is 0. The quantitative estimate of drug-likeness (QED) is 0.630. The summed E-state index contributed by atoms with van der Waals surface area (Å²) < 4.78 is 65.1. The molecule has 0 saturated carbocycles. The van der Waals surface area contributed by atoms with Crippen LogP contribution in [0.25, 0.3) is 0 Å². The van der Waals surface area contributed by atoms with Gasteiger partial charge in [-0.15, -0.1) is 0 Å². The van der Waals surface area contributed by atoms with Gasteiger partial charge >= 0.3 is 12.1 Å². The summed E-state index contributed by atoms with van der Waals surface area (Å²) in [5, 5.41) is -0.0906. The van der Waals surface area contributed by atoms with Crippen LogP contribution in [0.1, 0.15) is 12.7 Å². The summed E-state index contributed by atoms with van der Waals surface area (Å²) in [5.41, 5.74) is 0. The van der Waals surface area contributed by atoms with Gasteiger partial charge in [0.1, 0.15) is 11.0 Å². The van der Waals surface area contributed by atoms with E-state index in [4.69, 9.17) is 11.6 Å². The average molecular weight is 291 g/mol. The SMILES string of the molecule is CCc1nc(Cl)cc(OCC(F)(F)C(F)(F)F)n1. The molecule has 0 aliphatic rings. The van der Waals surface area contributed by atoms with E-state index < -0.39 is 24.6 Å². The zero-order valence-corrected chi connectivity index (χ0v) is 9.82. The Balaban J connectivity index is 2.78. The van der Waals surface area contributed by atoms with Gasteiger partial charge in [-0.1, -0.05) is 18.5 Å². The third-order valence-electron chi connectivity index (χ3n) is 1.85. The predicted molar refractivity (Wildman–Crippen MR) is 52.9 cm³/mol. The number of aromatic nitrogens is 2. The standard InChI is InChI=1S/C9H8ClF5N2O/c1-2-6-16-5(10)3-7(17-6)18-4-8(11,12)9(13,14)15/h3H,2,4H2,1H3. The molecule has 1 aromatic heterocycles. The minimum atomic E-state index is -5.67. The molecule has 1 rings (SSSR count). The number of nitrogens with zero attached hydrogens (tertiary/aromatic N) is 2. The molecule has 0 spiro atoms. The Morgan fingerprint density at radius 2 is 1.83 bits per heavy atom. The molecule has 0 saturated heterocycles. The van der Waals surface area contributed by atoms with Crippen LogP contribution in [0, 0.1) is 0 Å². The van der Waals surface area contributed by atoms with Gasteiger partial charge in [0.15, 0.2) is 6.61 Å². The molecule has 9 heteroatoms. The molecule has 0 fully saturated rings. The maximum atomic E-state index is 12.6. The second kappa shape index (κ2) is 5.21. The Morgan fingerprint density at radius 1 is 1.22 bits per heavy atom. The molecule has 0 N–H and O–H groups in total. The van der Waals surface area contributed by atoms with Crippen LogP contribution in [0.5, 0.6) is 5.88 Å². The van der Waals surface area contributed by atoms with Crippen molar-refractivity contribution in [2.45, 2.75) is 25.4 Å². The number of hydrogen-bond donors (Lipinski definition) is 0. The van der Waals surface area contributed by atoms with Crippen LogP contribution in [0.4, 0.5) is 22.0 Å². The number of aryl methyl sites for hydroxylation is 1. The molecule has 3 nitrogen and oxygen atoms in total. The van der Waals surface area contributed by atoms with Gasteiger partial charge in [0, 0.05) is 12.5 Å². The van der Waals surface area contributed by atoms with E-state index in [0.29, 0.717) is 6.42 Å². The van der Waals surface area contributed by atoms with Crippen molar-refractivity contribution in [3.63, 3.8) is 0 Å². The second-order valence-corrected chi connectivity index (χ2v) is 3.68. The van der Waals surface area contributed by atoms with Crippen LogP contribution in [0.15, 0.2) is 6.07 Å². The molecule has 0 aliphatic carbocycles. The van der Waals surface area contributed by atoms with Crippen LogP contribution in [0.2, 0.25) is 5.15 Å². The van der Waals surface area contributed by atoms with Crippen molar-refractivity contribution < 1.29 is 26.7 Å². The van der Waals surface area contributed by atoms with Gasteiger partial charge in [0.2, 0.25) is 5.88 Å². The average Bonchev–Trinajstić information content (AvgIpc) is 2.24. The molecule has 102 valence electrons. The van der Waals surface area contributed by atoms with E-state index in [0.717, 1.165) is 6.07 Å². The molecular formula is C9H8ClF5N2O. The topological polar surface area (TPSA) is 35.0 Å². The Morgan fingerprint density at radius 3 is 2.33 bits per heavy atom.